The van der Waals surface area contributed by atoms with Crippen LogP contribution < -0.4 is 5.32 Å². The molecule has 0 aliphatic carbocycles. The van der Waals surface area contributed by atoms with Gasteiger partial charge in [-0.05, 0) is 37.9 Å². The third-order valence-electron chi connectivity index (χ3n) is 2.83. The number of hydrogen-bond donors (Lipinski definition) is 1. The van der Waals surface area contributed by atoms with E-state index < -0.39 is 0 Å². The van der Waals surface area contributed by atoms with Crippen LogP contribution in [0.15, 0.2) is 18.2 Å². The second-order valence-electron chi connectivity index (χ2n) is 4.26. The van der Waals surface area contributed by atoms with Gasteiger partial charge in [0.25, 0.3) is 0 Å². The van der Waals surface area contributed by atoms with Gasteiger partial charge in [-0.3, -0.25) is 0 Å². The van der Waals surface area contributed by atoms with Gasteiger partial charge < -0.3 is 5.32 Å². The van der Waals surface area contributed by atoms with Crippen LogP contribution in [0, 0.1) is 13.8 Å². The molecule has 1 atom stereocenters. The van der Waals surface area contributed by atoms with E-state index >= 15 is 0 Å². The summed E-state index contributed by atoms with van der Waals surface area (Å²) in [4.78, 5) is 0. The molecule has 1 N–H and O–H groups in total. The van der Waals surface area contributed by atoms with Crippen LogP contribution in [0.4, 0.5) is 0 Å². The Hall–Kier alpha value is -0.820. The quantitative estimate of drug-likeness (QED) is 0.772. The lowest BCUT2D eigenvalue weighted by molar-refractivity contribution is 0.507. The van der Waals surface area contributed by atoms with Gasteiger partial charge in [0.05, 0.1) is 0 Å². The molecule has 0 fully saturated rings. The fourth-order valence-electron chi connectivity index (χ4n) is 2.12. The van der Waals surface area contributed by atoms with Gasteiger partial charge in [0, 0.05) is 6.04 Å². The predicted octanol–water partition coefficient (Wildman–Crippen LogP) is 3.75. The maximum atomic E-state index is 3.56. The standard InChI is InChI=1S/C14H23N/c1-5-7-14(15-6-2)13-9-8-11(3)10-12(13)4/h8-10,14-15H,5-7H2,1-4H3. The summed E-state index contributed by atoms with van der Waals surface area (Å²) in [6.07, 6.45) is 2.45. The van der Waals surface area contributed by atoms with Crippen LogP contribution in [0.25, 0.3) is 0 Å². The summed E-state index contributed by atoms with van der Waals surface area (Å²) in [7, 11) is 0. The van der Waals surface area contributed by atoms with Crippen LogP contribution in [-0.2, 0) is 0 Å². The summed E-state index contributed by atoms with van der Waals surface area (Å²) >= 11 is 0. The minimum absolute atomic E-state index is 0.528. The monoisotopic (exact) mass is 205 g/mol. The largest absolute Gasteiger partial charge is 0.310 e. The van der Waals surface area contributed by atoms with Gasteiger partial charge in [0.15, 0.2) is 0 Å². The van der Waals surface area contributed by atoms with Gasteiger partial charge >= 0.3 is 0 Å². The molecule has 0 bridgehead atoms. The van der Waals surface area contributed by atoms with Crippen molar-refractivity contribution in [3.8, 4) is 0 Å². The van der Waals surface area contributed by atoms with Crippen LogP contribution in [0.1, 0.15) is 49.4 Å². The second kappa shape index (κ2) is 5.92. The van der Waals surface area contributed by atoms with Gasteiger partial charge in [0.2, 0.25) is 0 Å². The summed E-state index contributed by atoms with van der Waals surface area (Å²) in [6.45, 7) is 9.82. The Morgan fingerprint density at radius 1 is 1.20 bits per heavy atom. The predicted molar refractivity (Wildman–Crippen MR) is 67.2 cm³/mol. The van der Waals surface area contributed by atoms with E-state index in [1.54, 1.807) is 0 Å². The first-order chi connectivity index (χ1) is 7.19. The van der Waals surface area contributed by atoms with E-state index in [-0.39, 0.29) is 0 Å². The fourth-order valence-corrected chi connectivity index (χ4v) is 2.12. The molecule has 0 aliphatic rings. The highest BCUT2D eigenvalue weighted by atomic mass is 14.9. The first kappa shape index (κ1) is 12.3. The maximum Gasteiger partial charge on any atom is 0.0322 e. The van der Waals surface area contributed by atoms with Crippen molar-refractivity contribution in [3.05, 3.63) is 34.9 Å². The van der Waals surface area contributed by atoms with Gasteiger partial charge in [-0.1, -0.05) is 44.0 Å². The zero-order valence-electron chi connectivity index (χ0n) is 10.4. The molecule has 15 heavy (non-hydrogen) atoms. The number of rotatable bonds is 5. The molecule has 1 heteroatoms. The normalized spacial score (nSPS) is 12.8. The molecule has 1 rings (SSSR count). The molecular weight excluding hydrogens is 182 g/mol. The molecule has 1 aromatic carbocycles. The van der Waals surface area contributed by atoms with Gasteiger partial charge in [-0.2, -0.15) is 0 Å². The van der Waals surface area contributed by atoms with E-state index in [2.05, 4.69) is 51.2 Å². The zero-order chi connectivity index (χ0) is 11.3. The highest BCUT2D eigenvalue weighted by Gasteiger charge is 2.11. The van der Waals surface area contributed by atoms with Crippen molar-refractivity contribution in [1.29, 1.82) is 0 Å². The van der Waals surface area contributed by atoms with Crippen LogP contribution in [0.3, 0.4) is 0 Å². The van der Waals surface area contributed by atoms with E-state index in [1.165, 1.54) is 29.5 Å². The van der Waals surface area contributed by atoms with Crippen molar-refractivity contribution >= 4 is 0 Å². The van der Waals surface area contributed by atoms with Crippen LogP contribution in [0.5, 0.6) is 0 Å². The molecule has 0 saturated carbocycles. The Kier molecular flexibility index (Phi) is 4.83. The van der Waals surface area contributed by atoms with Crippen molar-refractivity contribution in [3.63, 3.8) is 0 Å². The maximum absolute atomic E-state index is 3.56. The topological polar surface area (TPSA) is 12.0 Å². The summed E-state index contributed by atoms with van der Waals surface area (Å²) in [5, 5.41) is 3.56. The van der Waals surface area contributed by atoms with Gasteiger partial charge in [-0.25, -0.2) is 0 Å². The van der Waals surface area contributed by atoms with Crippen molar-refractivity contribution in [2.45, 2.75) is 46.6 Å². The SMILES string of the molecule is CCCC(NCC)c1ccc(C)cc1C. The summed E-state index contributed by atoms with van der Waals surface area (Å²) < 4.78 is 0. The number of hydrogen-bond acceptors (Lipinski definition) is 1. The molecule has 1 aromatic rings. The molecular formula is C14H23N. The van der Waals surface area contributed by atoms with E-state index in [0.717, 1.165) is 6.54 Å². The van der Waals surface area contributed by atoms with Gasteiger partial charge in [0.1, 0.15) is 0 Å². The van der Waals surface area contributed by atoms with Crippen molar-refractivity contribution in [2.75, 3.05) is 6.54 Å². The molecule has 1 unspecified atom stereocenters. The first-order valence-corrected chi connectivity index (χ1v) is 5.99. The van der Waals surface area contributed by atoms with Crippen molar-refractivity contribution in [1.82, 2.24) is 5.32 Å². The smallest absolute Gasteiger partial charge is 0.0322 e. The Labute approximate surface area is 93.9 Å². The minimum Gasteiger partial charge on any atom is -0.310 e. The third-order valence-corrected chi connectivity index (χ3v) is 2.83. The average molecular weight is 205 g/mol. The molecule has 0 aliphatic heterocycles. The van der Waals surface area contributed by atoms with Crippen LogP contribution >= 0.6 is 0 Å². The molecule has 0 saturated heterocycles. The second-order valence-corrected chi connectivity index (χ2v) is 4.26. The van der Waals surface area contributed by atoms with E-state index in [0.29, 0.717) is 6.04 Å². The van der Waals surface area contributed by atoms with E-state index in [9.17, 15) is 0 Å². The molecule has 84 valence electrons. The molecule has 0 aromatic heterocycles. The molecule has 0 spiro atoms. The third kappa shape index (κ3) is 3.35. The highest BCUT2D eigenvalue weighted by molar-refractivity contribution is 5.32. The Morgan fingerprint density at radius 2 is 1.93 bits per heavy atom. The first-order valence-electron chi connectivity index (χ1n) is 5.99. The number of benzene rings is 1. The van der Waals surface area contributed by atoms with E-state index in [4.69, 9.17) is 0 Å². The molecule has 0 radical (unpaired) electrons. The highest BCUT2D eigenvalue weighted by Crippen LogP contribution is 2.22. The Morgan fingerprint density at radius 3 is 2.47 bits per heavy atom. The Balaban J connectivity index is 2.89. The molecule has 1 nitrogen and oxygen atoms in total. The minimum atomic E-state index is 0.528. The fraction of sp³-hybridized carbons (Fsp3) is 0.571. The van der Waals surface area contributed by atoms with Gasteiger partial charge in [-0.15, -0.1) is 0 Å². The Bertz CT molecular complexity index is 298. The van der Waals surface area contributed by atoms with Crippen molar-refractivity contribution in [2.24, 2.45) is 0 Å². The summed E-state index contributed by atoms with van der Waals surface area (Å²) in [6, 6.07) is 7.28. The van der Waals surface area contributed by atoms with E-state index in [1.807, 2.05) is 0 Å². The lowest BCUT2D eigenvalue weighted by Gasteiger charge is -2.20. The van der Waals surface area contributed by atoms with Crippen LogP contribution in [0.2, 0.25) is 0 Å². The zero-order valence-corrected chi connectivity index (χ0v) is 10.4. The summed E-state index contributed by atoms with van der Waals surface area (Å²) in [5.74, 6) is 0. The molecule has 0 amide bonds. The summed E-state index contributed by atoms with van der Waals surface area (Å²) in [5.41, 5.74) is 4.22. The average Bonchev–Trinajstić information content (AvgIpc) is 2.17. The van der Waals surface area contributed by atoms with Crippen LogP contribution in [-0.4, -0.2) is 6.54 Å². The molecule has 0 heterocycles. The lowest BCUT2D eigenvalue weighted by Crippen LogP contribution is -2.21. The number of nitrogens with one attached hydrogen (secondary N) is 1. The lowest BCUT2D eigenvalue weighted by atomic mass is 9.96. The van der Waals surface area contributed by atoms with Crippen molar-refractivity contribution < 1.29 is 0 Å². The number of aryl methyl sites for hydroxylation is 2.